The number of nitrogen functional groups attached to an aromatic ring is 1. The van der Waals surface area contributed by atoms with Crippen LogP contribution in [0.1, 0.15) is 0 Å². The van der Waals surface area contributed by atoms with Crippen molar-refractivity contribution >= 4 is 44.6 Å². The minimum atomic E-state index is -3.86. The molecular weight excluding hydrogens is 307 g/mol. The van der Waals surface area contributed by atoms with Crippen LogP contribution in [0.15, 0.2) is 47.4 Å². The Bertz CT molecular complexity index is 680. The van der Waals surface area contributed by atoms with E-state index in [9.17, 15) is 8.42 Å². The highest BCUT2D eigenvalue weighted by Crippen LogP contribution is 2.32. The molecule has 0 aliphatic heterocycles. The molecule has 0 atom stereocenters. The monoisotopic (exact) mass is 316 g/mol. The average molecular weight is 317 g/mol. The van der Waals surface area contributed by atoms with Crippen molar-refractivity contribution in [1.29, 1.82) is 0 Å². The summed E-state index contributed by atoms with van der Waals surface area (Å²) < 4.78 is 26.9. The van der Waals surface area contributed by atoms with Gasteiger partial charge in [0.2, 0.25) is 0 Å². The Morgan fingerprint density at radius 1 is 1.05 bits per heavy atom. The van der Waals surface area contributed by atoms with Gasteiger partial charge in [-0.25, -0.2) is 8.42 Å². The Hall–Kier alpha value is -1.43. The second-order valence-electron chi connectivity index (χ2n) is 3.78. The highest BCUT2D eigenvalue weighted by atomic mass is 35.5. The molecule has 0 fully saturated rings. The summed E-state index contributed by atoms with van der Waals surface area (Å²) in [5.74, 6) is 0. The van der Waals surface area contributed by atoms with Gasteiger partial charge in [-0.1, -0.05) is 41.4 Å². The SMILES string of the molecule is Nc1cc(Cl)cc(Cl)c1S(=O)(=O)Nc1ccccc1. The third-order valence-electron chi connectivity index (χ3n) is 2.33. The zero-order valence-electron chi connectivity index (χ0n) is 9.60. The minimum absolute atomic E-state index is 0.000862. The second-order valence-corrected chi connectivity index (χ2v) is 6.24. The number of nitrogens with one attached hydrogen (secondary N) is 1. The van der Waals surface area contributed by atoms with Gasteiger partial charge in [-0.2, -0.15) is 0 Å². The molecule has 0 spiro atoms. The highest BCUT2D eigenvalue weighted by Gasteiger charge is 2.22. The lowest BCUT2D eigenvalue weighted by molar-refractivity contribution is 0.601. The van der Waals surface area contributed by atoms with Crippen molar-refractivity contribution in [2.45, 2.75) is 4.90 Å². The summed E-state index contributed by atoms with van der Waals surface area (Å²) in [5.41, 5.74) is 6.10. The summed E-state index contributed by atoms with van der Waals surface area (Å²) in [6.07, 6.45) is 0. The first-order valence-electron chi connectivity index (χ1n) is 5.22. The number of halogens is 2. The van der Waals surface area contributed by atoms with Crippen LogP contribution >= 0.6 is 23.2 Å². The summed E-state index contributed by atoms with van der Waals surface area (Å²) in [6, 6.07) is 11.1. The fourth-order valence-electron chi connectivity index (χ4n) is 1.58. The van der Waals surface area contributed by atoms with Gasteiger partial charge >= 0.3 is 0 Å². The molecule has 2 aromatic rings. The first kappa shape index (κ1) is 14.0. The van der Waals surface area contributed by atoms with Gasteiger partial charge in [0, 0.05) is 10.7 Å². The van der Waals surface area contributed by atoms with Gasteiger partial charge in [0.1, 0.15) is 4.90 Å². The number of benzene rings is 2. The molecule has 4 nitrogen and oxygen atoms in total. The zero-order valence-corrected chi connectivity index (χ0v) is 11.9. The van der Waals surface area contributed by atoms with Gasteiger partial charge in [0.25, 0.3) is 10.0 Å². The summed E-state index contributed by atoms with van der Waals surface area (Å²) in [6.45, 7) is 0. The Balaban J connectivity index is 2.46. The van der Waals surface area contributed by atoms with E-state index in [4.69, 9.17) is 28.9 Å². The molecule has 0 aliphatic carbocycles. The highest BCUT2D eigenvalue weighted by molar-refractivity contribution is 7.93. The molecule has 0 bridgehead atoms. The summed E-state index contributed by atoms with van der Waals surface area (Å²) in [5, 5.41) is 0.259. The van der Waals surface area contributed by atoms with Crippen molar-refractivity contribution in [2.75, 3.05) is 10.5 Å². The molecule has 19 heavy (non-hydrogen) atoms. The molecule has 0 amide bonds. The van der Waals surface area contributed by atoms with E-state index in [-0.39, 0.29) is 20.6 Å². The Morgan fingerprint density at radius 3 is 2.26 bits per heavy atom. The van der Waals surface area contributed by atoms with E-state index in [0.29, 0.717) is 5.69 Å². The fraction of sp³-hybridized carbons (Fsp3) is 0. The van der Waals surface area contributed by atoms with Crippen molar-refractivity contribution in [1.82, 2.24) is 0 Å². The first-order chi connectivity index (χ1) is 8.90. The standard InChI is InChI=1S/C12H10Cl2N2O2S/c13-8-6-10(14)12(11(15)7-8)19(17,18)16-9-4-2-1-3-5-9/h1-7,16H,15H2. The Labute approximate surface area is 121 Å². The number of sulfonamides is 1. The van der Waals surface area contributed by atoms with Crippen LogP contribution in [0.25, 0.3) is 0 Å². The van der Waals surface area contributed by atoms with Crippen LogP contribution < -0.4 is 10.5 Å². The average Bonchev–Trinajstić information content (AvgIpc) is 2.27. The van der Waals surface area contributed by atoms with Gasteiger partial charge in [-0.3, -0.25) is 4.72 Å². The van der Waals surface area contributed by atoms with Crippen molar-refractivity contribution < 1.29 is 8.42 Å². The molecule has 0 saturated heterocycles. The molecule has 0 aromatic heterocycles. The molecule has 2 aromatic carbocycles. The molecule has 100 valence electrons. The predicted molar refractivity (Wildman–Crippen MR) is 78.1 cm³/mol. The lowest BCUT2D eigenvalue weighted by Crippen LogP contribution is -2.15. The van der Waals surface area contributed by atoms with Crippen LogP contribution in [0.2, 0.25) is 10.0 Å². The van der Waals surface area contributed by atoms with E-state index in [2.05, 4.69) is 4.72 Å². The van der Waals surface area contributed by atoms with Crippen LogP contribution in [-0.4, -0.2) is 8.42 Å². The molecule has 0 saturated carbocycles. The number of para-hydroxylation sites is 1. The molecule has 0 radical (unpaired) electrons. The molecular formula is C12H10Cl2N2O2S. The number of nitrogens with two attached hydrogens (primary N) is 1. The number of anilines is 2. The van der Waals surface area contributed by atoms with Crippen LogP contribution in [0, 0.1) is 0 Å². The van der Waals surface area contributed by atoms with Crippen molar-refractivity contribution in [3.05, 3.63) is 52.5 Å². The van der Waals surface area contributed by atoms with Gasteiger partial charge < -0.3 is 5.73 Å². The molecule has 2 rings (SSSR count). The van der Waals surface area contributed by atoms with Gasteiger partial charge in [-0.05, 0) is 24.3 Å². The second kappa shape index (κ2) is 5.28. The Morgan fingerprint density at radius 2 is 1.68 bits per heavy atom. The first-order valence-corrected chi connectivity index (χ1v) is 7.46. The third-order valence-corrected chi connectivity index (χ3v) is 4.46. The van der Waals surface area contributed by atoms with E-state index in [1.807, 2.05) is 0 Å². The van der Waals surface area contributed by atoms with E-state index < -0.39 is 10.0 Å². The maximum Gasteiger partial charge on any atom is 0.265 e. The normalized spacial score (nSPS) is 11.3. The molecule has 7 heteroatoms. The van der Waals surface area contributed by atoms with E-state index in [1.54, 1.807) is 30.3 Å². The summed E-state index contributed by atoms with van der Waals surface area (Å²) in [7, 11) is -3.86. The molecule has 0 aliphatic rings. The lowest BCUT2D eigenvalue weighted by atomic mass is 10.3. The third kappa shape index (κ3) is 3.12. The summed E-state index contributed by atoms with van der Waals surface area (Å²) >= 11 is 11.7. The maximum atomic E-state index is 12.2. The van der Waals surface area contributed by atoms with Crippen LogP contribution in [0.3, 0.4) is 0 Å². The van der Waals surface area contributed by atoms with Gasteiger partial charge in [-0.15, -0.1) is 0 Å². The molecule has 0 unspecified atom stereocenters. The van der Waals surface area contributed by atoms with Crippen LogP contribution in [0.4, 0.5) is 11.4 Å². The van der Waals surface area contributed by atoms with Crippen molar-refractivity contribution in [3.8, 4) is 0 Å². The van der Waals surface area contributed by atoms with Crippen LogP contribution in [0.5, 0.6) is 0 Å². The number of hydrogen-bond donors (Lipinski definition) is 2. The number of hydrogen-bond acceptors (Lipinski definition) is 3. The molecule has 0 heterocycles. The van der Waals surface area contributed by atoms with E-state index in [1.165, 1.54) is 12.1 Å². The van der Waals surface area contributed by atoms with Crippen molar-refractivity contribution in [2.24, 2.45) is 0 Å². The van der Waals surface area contributed by atoms with E-state index >= 15 is 0 Å². The Kier molecular flexibility index (Phi) is 3.89. The van der Waals surface area contributed by atoms with E-state index in [0.717, 1.165) is 0 Å². The smallest absolute Gasteiger partial charge is 0.265 e. The lowest BCUT2D eigenvalue weighted by Gasteiger charge is -2.12. The van der Waals surface area contributed by atoms with Gasteiger partial charge in [0.05, 0.1) is 10.7 Å². The molecule has 3 N–H and O–H groups in total. The fourth-order valence-corrected chi connectivity index (χ4v) is 3.62. The van der Waals surface area contributed by atoms with Gasteiger partial charge in [0.15, 0.2) is 0 Å². The zero-order chi connectivity index (χ0) is 14.0. The quantitative estimate of drug-likeness (QED) is 0.853. The summed E-state index contributed by atoms with van der Waals surface area (Å²) in [4.78, 5) is -0.178. The maximum absolute atomic E-state index is 12.2. The number of rotatable bonds is 3. The van der Waals surface area contributed by atoms with Crippen molar-refractivity contribution in [3.63, 3.8) is 0 Å². The topological polar surface area (TPSA) is 72.2 Å². The predicted octanol–water partition coefficient (Wildman–Crippen LogP) is 3.38. The largest absolute Gasteiger partial charge is 0.398 e. The van der Waals surface area contributed by atoms with Crippen LogP contribution in [-0.2, 0) is 10.0 Å². The minimum Gasteiger partial charge on any atom is -0.398 e.